The number of rotatable bonds is 4. The van der Waals surface area contributed by atoms with E-state index < -0.39 is 10.0 Å². The van der Waals surface area contributed by atoms with Crippen molar-refractivity contribution in [1.82, 2.24) is 14.1 Å². The molecule has 1 aromatic carbocycles. The summed E-state index contributed by atoms with van der Waals surface area (Å²) >= 11 is 0. The fourth-order valence-corrected chi connectivity index (χ4v) is 5.23. The molecule has 3 fully saturated rings. The van der Waals surface area contributed by atoms with Crippen LogP contribution in [-0.2, 0) is 24.4 Å². The number of carbonyl (C=O) groups excluding carboxylic acids is 3. The number of hydrogen-bond acceptors (Lipinski definition) is 6. The molecule has 4 rings (SSSR count). The number of nitrogens with zero attached hydrogens (tertiary/aromatic N) is 4. The number of piperazine rings is 1. The Bertz CT molecular complexity index is 908. The van der Waals surface area contributed by atoms with E-state index in [1.165, 1.54) is 28.6 Å². The van der Waals surface area contributed by atoms with Crippen LogP contribution in [-0.4, -0.2) is 86.1 Å². The summed E-state index contributed by atoms with van der Waals surface area (Å²) in [6.45, 7) is 2.42. The van der Waals surface area contributed by atoms with E-state index in [1.54, 1.807) is 11.9 Å². The highest BCUT2D eigenvalue weighted by Crippen LogP contribution is 2.28. The first-order chi connectivity index (χ1) is 13.3. The van der Waals surface area contributed by atoms with E-state index in [0.29, 0.717) is 31.9 Å². The van der Waals surface area contributed by atoms with E-state index in [-0.39, 0.29) is 41.5 Å². The van der Waals surface area contributed by atoms with Crippen molar-refractivity contribution in [1.29, 1.82) is 0 Å². The molecule has 1 aromatic rings. The molecule has 0 aromatic heterocycles. The summed E-state index contributed by atoms with van der Waals surface area (Å²) in [5, 5.41) is 0. The number of benzene rings is 1. The number of sulfonamides is 1. The minimum Gasteiger partial charge on any atom is -0.343 e. The van der Waals surface area contributed by atoms with Crippen molar-refractivity contribution < 1.29 is 22.8 Å². The monoisotopic (exact) mass is 406 g/mol. The Labute approximate surface area is 163 Å². The van der Waals surface area contributed by atoms with Gasteiger partial charge in [-0.15, -0.1) is 0 Å². The second-order valence-corrected chi connectivity index (χ2v) is 9.32. The maximum Gasteiger partial charge on any atom is 0.243 e. The molecule has 0 bridgehead atoms. The Balaban J connectivity index is 1.41. The number of carbonyl (C=O) groups is 3. The van der Waals surface area contributed by atoms with Crippen molar-refractivity contribution in [2.45, 2.75) is 23.8 Å². The van der Waals surface area contributed by atoms with Crippen LogP contribution in [0.4, 0.5) is 5.69 Å². The van der Waals surface area contributed by atoms with Crippen LogP contribution in [0, 0.1) is 0 Å². The third kappa shape index (κ3) is 3.21. The van der Waals surface area contributed by atoms with E-state index in [9.17, 15) is 22.8 Å². The van der Waals surface area contributed by atoms with Gasteiger partial charge in [0.25, 0.3) is 0 Å². The summed E-state index contributed by atoms with van der Waals surface area (Å²) in [6.07, 6.45) is 0.367. The van der Waals surface area contributed by atoms with Crippen LogP contribution < -0.4 is 4.90 Å². The Morgan fingerprint density at radius 1 is 0.893 bits per heavy atom. The molecule has 0 saturated carbocycles. The summed E-state index contributed by atoms with van der Waals surface area (Å²) in [5.41, 5.74) is 0.392. The average molecular weight is 406 g/mol. The number of anilines is 1. The molecule has 3 aliphatic heterocycles. The molecule has 0 atom stereocenters. The summed E-state index contributed by atoms with van der Waals surface area (Å²) in [5.74, 6) is -0.491. The molecule has 0 radical (unpaired) electrons. The molecule has 3 amide bonds. The minimum absolute atomic E-state index is 0.0477. The summed E-state index contributed by atoms with van der Waals surface area (Å²) in [7, 11) is -1.87. The van der Waals surface area contributed by atoms with Gasteiger partial charge in [0.2, 0.25) is 27.7 Å². The zero-order valence-electron chi connectivity index (χ0n) is 15.6. The minimum atomic E-state index is -3.64. The second-order valence-electron chi connectivity index (χ2n) is 7.38. The average Bonchev–Trinajstić information content (AvgIpc) is 2.95. The van der Waals surface area contributed by atoms with E-state index in [4.69, 9.17) is 0 Å². The molecule has 0 unspecified atom stereocenters. The summed E-state index contributed by atoms with van der Waals surface area (Å²) in [4.78, 5) is 40.4. The normalized spacial score (nSPS) is 22.8. The highest BCUT2D eigenvalue weighted by atomic mass is 32.2. The van der Waals surface area contributed by atoms with Crippen LogP contribution in [0.5, 0.6) is 0 Å². The molecule has 0 N–H and O–H groups in total. The van der Waals surface area contributed by atoms with Gasteiger partial charge in [-0.1, -0.05) is 0 Å². The van der Waals surface area contributed by atoms with Crippen molar-refractivity contribution in [3.05, 3.63) is 24.3 Å². The topological polar surface area (TPSA) is 98.3 Å². The molecule has 9 nitrogen and oxygen atoms in total. The molecular formula is C18H22N4O5S. The Morgan fingerprint density at radius 3 is 2.07 bits per heavy atom. The van der Waals surface area contributed by atoms with Crippen LogP contribution in [0.2, 0.25) is 0 Å². The van der Waals surface area contributed by atoms with Crippen LogP contribution in [0.3, 0.4) is 0 Å². The number of imide groups is 1. The lowest BCUT2D eigenvalue weighted by Gasteiger charge is -2.46. The molecule has 28 heavy (non-hydrogen) atoms. The van der Waals surface area contributed by atoms with Crippen LogP contribution in [0.25, 0.3) is 0 Å². The molecule has 10 heteroatoms. The molecule has 3 aliphatic rings. The van der Waals surface area contributed by atoms with Crippen molar-refractivity contribution in [2.24, 2.45) is 0 Å². The quantitative estimate of drug-likeness (QED) is 0.625. The van der Waals surface area contributed by atoms with Gasteiger partial charge in [-0.05, 0) is 24.3 Å². The lowest BCUT2D eigenvalue weighted by molar-refractivity contribution is -0.136. The Kier molecular flexibility index (Phi) is 4.72. The van der Waals surface area contributed by atoms with Gasteiger partial charge >= 0.3 is 0 Å². The van der Waals surface area contributed by atoms with Crippen molar-refractivity contribution >= 4 is 33.4 Å². The standard InChI is InChI=1S/C18H22N4O5S/c1-19-8-9-20(12-18(19)25)14-10-21(11-14)28(26,27)15-4-2-13(3-5-15)22-16(23)6-7-17(22)24/h2-5,14H,6-12H2,1H3. The van der Waals surface area contributed by atoms with Crippen molar-refractivity contribution in [3.63, 3.8) is 0 Å². The number of hydrogen-bond donors (Lipinski definition) is 0. The highest BCUT2D eigenvalue weighted by molar-refractivity contribution is 7.89. The van der Waals surface area contributed by atoms with Crippen molar-refractivity contribution in [2.75, 3.05) is 44.7 Å². The predicted molar refractivity (Wildman–Crippen MR) is 99.9 cm³/mol. The smallest absolute Gasteiger partial charge is 0.243 e. The third-order valence-electron chi connectivity index (χ3n) is 5.62. The van der Waals surface area contributed by atoms with Crippen LogP contribution in [0.15, 0.2) is 29.2 Å². The van der Waals surface area contributed by atoms with Gasteiger partial charge in [-0.3, -0.25) is 24.2 Å². The van der Waals surface area contributed by atoms with E-state index in [2.05, 4.69) is 0 Å². The molecule has 0 spiro atoms. The maximum atomic E-state index is 12.8. The van der Waals surface area contributed by atoms with Gasteiger partial charge in [-0.2, -0.15) is 4.31 Å². The first-order valence-electron chi connectivity index (χ1n) is 9.21. The number of amides is 3. The summed E-state index contributed by atoms with van der Waals surface area (Å²) in [6, 6.07) is 5.88. The first-order valence-corrected chi connectivity index (χ1v) is 10.7. The molecule has 3 heterocycles. The second kappa shape index (κ2) is 6.94. The zero-order chi connectivity index (χ0) is 20.1. The zero-order valence-corrected chi connectivity index (χ0v) is 16.4. The van der Waals surface area contributed by atoms with Gasteiger partial charge < -0.3 is 4.90 Å². The fraction of sp³-hybridized carbons (Fsp3) is 0.500. The molecule has 0 aliphatic carbocycles. The number of likely N-dealkylation sites (N-methyl/N-ethyl adjacent to an activating group) is 1. The van der Waals surface area contributed by atoms with Crippen LogP contribution >= 0.6 is 0 Å². The molecule has 3 saturated heterocycles. The molecule has 150 valence electrons. The van der Waals surface area contributed by atoms with E-state index >= 15 is 0 Å². The van der Waals surface area contributed by atoms with Crippen LogP contribution in [0.1, 0.15) is 12.8 Å². The first kappa shape index (κ1) is 19.0. The highest BCUT2D eigenvalue weighted by Gasteiger charge is 2.41. The Morgan fingerprint density at radius 2 is 1.50 bits per heavy atom. The predicted octanol–water partition coefficient (Wildman–Crippen LogP) is -0.513. The van der Waals surface area contributed by atoms with Gasteiger partial charge in [-0.25, -0.2) is 8.42 Å². The van der Waals surface area contributed by atoms with Gasteiger partial charge in [0.15, 0.2) is 0 Å². The summed E-state index contributed by atoms with van der Waals surface area (Å²) < 4.78 is 27.0. The largest absolute Gasteiger partial charge is 0.343 e. The van der Waals surface area contributed by atoms with Gasteiger partial charge in [0.05, 0.1) is 17.1 Å². The third-order valence-corrected chi connectivity index (χ3v) is 7.46. The maximum absolute atomic E-state index is 12.8. The molecular weight excluding hydrogens is 384 g/mol. The SMILES string of the molecule is CN1CCN(C2CN(S(=O)(=O)c3ccc(N4C(=O)CCC4=O)cc3)C2)CC1=O. The Hall–Kier alpha value is -2.30. The fourth-order valence-electron chi connectivity index (χ4n) is 3.71. The van der Waals surface area contributed by atoms with Gasteiger partial charge in [0.1, 0.15) is 0 Å². The van der Waals surface area contributed by atoms with E-state index in [1.807, 2.05) is 4.90 Å². The van der Waals surface area contributed by atoms with Crippen molar-refractivity contribution in [3.8, 4) is 0 Å². The lowest BCUT2D eigenvalue weighted by Crippen LogP contribution is -2.64. The lowest BCUT2D eigenvalue weighted by atomic mass is 10.1. The van der Waals surface area contributed by atoms with Gasteiger partial charge in [0, 0.05) is 52.1 Å². The van der Waals surface area contributed by atoms with E-state index in [0.717, 1.165) is 11.4 Å².